The molecule has 0 heterocycles. The van der Waals surface area contributed by atoms with Crippen LogP contribution in [0.2, 0.25) is 0 Å². The Bertz CT molecular complexity index is 812. The summed E-state index contributed by atoms with van der Waals surface area (Å²) in [6.07, 6.45) is 3.20. The zero-order chi connectivity index (χ0) is 20.5. The summed E-state index contributed by atoms with van der Waals surface area (Å²) in [5, 5.41) is 0. The van der Waals surface area contributed by atoms with Crippen LogP contribution in [0.1, 0.15) is 15.9 Å². The fourth-order valence-corrected chi connectivity index (χ4v) is 2.58. The topological polar surface area (TPSA) is 57.2 Å². The van der Waals surface area contributed by atoms with Crippen molar-refractivity contribution in [2.24, 2.45) is 0 Å². The van der Waals surface area contributed by atoms with Gasteiger partial charge in [-0.15, -0.1) is 0 Å². The summed E-state index contributed by atoms with van der Waals surface area (Å²) in [6, 6.07) is 10.7. The minimum Gasteiger partial charge on any atom is -0.493 e. The van der Waals surface area contributed by atoms with Crippen LogP contribution in [0.15, 0.2) is 42.5 Å². The first-order valence-electron chi connectivity index (χ1n) is 8.89. The molecule has 6 heteroatoms. The first kappa shape index (κ1) is 21.3. The van der Waals surface area contributed by atoms with Crippen molar-refractivity contribution in [1.82, 2.24) is 4.90 Å². The summed E-state index contributed by atoms with van der Waals surface area (Å²) in [5.41, 5.74) is 1.30. The number of allylic oxidation sites excluding steroid dienone is 1. The Morgan fingerprint density at radius 3 is 2.18 bits per heavy atom. The van der Waals surface area contributed by atoms with Crippen molar-refractivity contribution in [1.29, 1.82) is 0 Å². The number of benzene rings is 2. The van der Waals surface area contributed by atoms with Gasteiger partial charge in [-0.2, -0.15) is 0 Å². The average Bonchev–Trinajstić information content (AvgIpc) is 2.71. The average molecular weight is 385 g/mol. The second kappa shape index (κ2) is 10.4. The Morgan fingerprint density at radius 2 is 1.61 bits per heavy atom. The molecule has 0 saturated carbocycles. The Labute approximate surface area is 166 Å². The van der Waals surface area contributed by atoms with Gasteiger partial charge in [0, 0.05) is 17.7 Å². The lowest BCUT2D eigenvalue weighted by atomic mass is 10.1. The highest BCUT2D eigenvalue weighted by Crippen LogP contribution is 2.40. The van der Waals surface area contributed by atoms with Gasteiger partial charge in [0.1, 0.15) is 12.4 Å². The third-order valence-electron chi connectivity index (χ3n) is 4.09. The van der Waals surface area contributed by atoms with E-state index in [4.69, 9.17) is 18.9 Å². The number of hydrogen-bond donors (Lipinski definition) is 0. The van der Waals surface area contributed by atoms with E-state index >= 15 is 0 Å². The smallest absolute Gasteiger partial charge is 0.203 e. The first-order valence-corrected chi connectivity index (χ1v) is 8.89. The summed E-state index contributed by atoms with van der Waals surface area (Å²) in [5.74, 6) is 2.18. The molecule has 0 fully saturated rings. The van der Waals surface area contributed by atoms with Crippen molar-refractivity contribution < 1.29 is 23.7 Å². The summed E-state index contributed by atoms with van der Waals surface area (Å²) in [7, 11) is 8.63. The van der Waals surface area contributed by atoms with E-state index in [2.05, 4.69) is 0 Å². The summed E-state index contributed by atoms with van der Waals surface area (Å²) >= 11 is 0. The molecule has 0 atom stereocenters. The highest BCUT2D eigenvalue weighted by molar-refractivity contribution is 6.07. The predicted molar refractivity (Wildman–Crippen MR) is 110 cm³/mol. The minimum atomic E-state index is -0.114. The van der Waals surface area contributed by atoms with E-state index in [-0.39, 0.29) is 5.78 Å². The van der Waals surface area contributed by atoms with Crippen molar-refractivity contribution in [3.8, 4) is 23.0 Å². The van der Waals surface area contributed by atoms with Gasteiger partial charge in [0.05, 0.1) is 21.3 Å². The zero-order valence-electron chi connectivity index (χ0n) is 17.0. The zero-order valence-corrected chi connectivity index (χ0v) is 17.0. The summed E-state index contributed by atoms with van der Waals surface area (Å²) in [6.45, 7) is 1.43. The Kier molecular flexibility index (Phi) is 7.89. The molecule has 0 radical (unpaired) electrons. The standard InChI is InChI=1S/C22H27NO5/c1-23(2)14-15-28-18-10-6-16(7-11-18)19(24)12-8-17-9-13-20(25-3)22(27-5)21(17)26-4/h6-13H,14-15H2,1-5H3. The number of carbonyl (C=O) groups is 1. The molecule has 0 aromatic heterocycles. The molecule has 2 aromatic rings. The molecular formula is C22H27NO5. The SMILES string of the molecule is COc1ccc(C=CC(=O)c2ccc(OCCN(C)C)cc2)c(OC)c1OC. The summed E-state index contributed by atoms with van der Waals surface area (Å²) < 4.78 is 21.7. The number of hydrogen-bond acceptors (Lipinski definition) is 6. The molecule has 28 heavy (non-hydrogen) atoms. The lowest BCUT2D eigenvalue weighted by Gasteiger charge is -2.14. The lowest BCUT2D eigenvalue weighted by molar-refractivity contribution is 0.104. The van der Waals surface area contributed by atoms with Gasteiger partial charge >= 0.3 is 0 Å². The molecule has 0 amide bonds. The maximum Gasteiger partial charge on any atom is 0.203 e. The molecule has 0 saturated heterocycles. The van der Waals surface area contributed by atoms with E-state index in [0.29, 0.717) is 29.4 Å². The molecular weight excluding hydrogens is 358 g/mol. The Morgan fingerprint density at radius 1 is 0.929 bits per heavy atom. The Hall–Kier alpha value is -2.99. The van der Waals surface area contributed by atoms with Gasteiger partial charge in [-0.25, -0.2) is 0 Å². The van der Waals surface area contributed by atoms with Crippen LogP contribution in [-0.2, 0) is 0 Å². The molecule has 150 valence electrons. The molecule has 2 aromatic carbocycles. The predicted octanol–water partition coefficient (Wildman–Crippen LogP) is 3.55. The molecule has 0 bridgehead atoms. The van der Waals surface area contributed by atoms with Gasteiger partial charge in [-0.1, -0.05) is 0 Å². The molecule has 2 rings (SSSR count). The second-order valence-electron chi connectivity index (χ2n) is 6.30. The monoisotopic (exact) mass is 385 g/mol. The van der Waals surface area contributed by atoms with Gasteiger partial charge in [0.15, 0.2) is 17.3 Å². The number of ether oxygens (including phenoxy) is 4. The van der Waals surface area contributed by atoms with Gasteiger partial charge in [0.25, 0.3) is 0 Å². The van der Waals surface area contributed by atoms with Crippen LogP contribution in [0, 0.1) is 0 Å². The third kappa shape index (κ3) is 5.50. The van der Waals surface area contributed by atoms with E-state index in [9.17, 15) is 4.79 Å². The molecule has 6 nitrogen and oxygen atoms in total. The van der Waals surface area contributed by atoms with Gasteiger partial charge in [-0.3, -0.25) is 4.79 Å². The van der Waals surface area contributed by atoms with E-state index in [1.807, 2.05) is 25.1 Å². The van der Waals surface area contributed by atoms with Gasteiger partial charge in [0.2, 0.25) is 5.75 Å². The van der Waals surface area contributed by atoms with E-state index in [1.54, 1.807) is 57.7 Å². The van der Waals surface area contributed by atoms with E-state index in [1.165, 1.54) is 6.08 Å². The van der Waals surface area contributed by atoms with Crippen molar-refractivity contribution in [3.05, 3.63) is 53.6 Å². The number of rotatable bonds is 10. The highest BCUT2D eigenvalue weighted by Gasteiger charge is 2.14. The van der Waals surface area contributed by atoms with Crippen LogP contribution in [0.25, 0.3) is 6.08 Å². The maximum absolute atomic E-state index is 12.5. The van der Waals surface area contributed by atoms with Crippen LogP contribution < -0.4 is 18.9 Å². The largest absolute Gasteiger partial charge is 0.493 e. The molecule has 0 aliphatic heterocycles. The fraction of sp³-hybridized carbons (Fsp3) is 0.318. The van der Waals surface area contributed by atoms with Crippen LogP contribution in [0.4, 0.5) is 0 Å². The van der Waals surface area contributed by atoms with Crippen LogP contribution in [-0.4, -0.2) is 59.3 Å². The first-order chi connectivity index (χ1) is 13.5. The molecule has 0 spiro atoms. The molecule has 0 aliphatic carbocycles. The van der Waals surface area contributed by atoms with Gasteiger partial charge in [-0.05, 0) is 62.6 Å². The lowest BCUT2D eigenvalue weighted by Crippen LogP contribution is -2.19. The number of carbonyl (C=O) groups excluding carboxylic acids is 1. The van der Waals surface area contributed by atoms with Crippen LogP contribution in [0.3, 0.4) is 0 Å². The number of ketones is 1. The normalized spacial score (nSPS) is 10.9. The van der Waals surface area contributed by atoms with Crippen LogP contribution in [0.5, 0.6) is 23.0 Å². The van der Waals surface area contributed by atoms with Crippen molar-refractivity contribution in [2.75, 3.05) is 48.6 Å². The minimum absolute atomic E-state index is 0.114. The Balaban J connectivity index is 2.11. The molecule has 0 unspecified atom stereocenters. The molecule has 0 aliphatic rings. The number of nitrogens with zero attached hydrogens (tertiary/aromatic N) is 1. The van der Waals surface area contributed by atoms with Crippen LogP contribution >= 0.6 is 0 Å². The van der Waals surface area contributed by atoms with Gasteiger partial charge < -0.3 is 23.8 Å². The molecule has 0 N–H and O–H groups in total. The number of likely N-dealkylation sites (N-methyl/N-ethyl adjacent to an activating group) is 1. The summed E-state index contributed by atoms with van der Waals surface area (Å²) in [4.78, 5) is 14.5. The maximum atomic E-state index is 12.5. The van der Waals surface area contributed by atoms with E-state index in [0.717, 1.165) is 17.9 Å². The highest BCUT2D eigenvalue weighted by atomic mass is 16.5. The third-order valence-corrected chi connectivity index (χ3v) is 4.09. The fourth-order valence-electron chi connectivity index (χ4n) is 2.58. The van der Waals surface area contributed by atoms with E-state index < -0.39 is 0 Å². The van der Waals surface area contributed by atoms with Crippen molar-refractivity contribution in [2.45, 2.75) is 0 Å². The van der Waals surface area contributed by atoms with Crippen molar-refractivity contribution >= 4 is 11.9 Å². The number of methoxy groups -OCH3 is 3. The second-order valence-corrected chi connectivity index (χ2v) is 6.30. The van der Waals surface area contributed by atoms with Crippen molar-refractivity contribution in [3.63, 3.8) is 0 Å². The quantitative estimate of drug-likeness (QED) is 0.461.